The molecule has 4 heteroatoms. The van der Waals surface area contributed by atoms with E-state index >= 15 is 0 Å². The first-order chi connectivity index (χ1) is 9.49. The van der Waals surface area contributed by atoms with Gasteiger partial charge in [-0.15, -0.1) is 0 Å². The quantitative estimate of drug-likeness (QED) is 0.920. The summed E-state index contributed by atoms with van der Waals surface area (Å²) in [5.74, 6) is 0. The molecule has 0 aromatic heterocycles. The van der Waals surface area contributed by atoms with E-state index < -0.39 is 10.0 Å². The number of hydrogen-bond acceptors (Lipinski definition) is 2. The number of hydrogen-bond donors (Lipinski definition) is 1. The largest absolute Gasteiger partial charge is 0.240 e. The third-order valence-corrected chi connectivity index (χ3v) is 4.71. The predicted octanol–water partition coefficient (Wildman–Crippen LogP) is 2.82. The third kappa shape index (κ3) is 3.68. The zero-order valence-electron chi connectivity index (χ0n) is 11.8. The molecular weight excluding hydrogens is 270 g/mol. The van der Waals surface area contributed by atoms with Crippen LogP contribution >= 0.6 is 0 Å². The van der Waals surface area contributed by atoms with Crippen LogP contribution in [-0.2, 0) is 16.4 Å². The van der Waals surface area contributed by atoms with Gasteiger partial charge in [0.2, 0.25) is 10.0 Å². The lowest BCUT2D eigenvalue weighted by atomic mass is 10.0. The van der Waals surface area contributed by atoms with Crippen LogP contribution in [0.5, 0.6) is 0 Å². The Bertz CT molecular complexity index is 679. The number of rotatable bonds is 5. The second kappa shape index (κ2) is 6.20. The molecule has 0 aliphatic rings. The van der Waals surface area contributed by atoms with Crippen LogP contribution in [0.15, 0.2) is 53.4 Å². The van der Waals surface area contributed by atoms with Crippen molar-refractivity contribution >= 4 is 10.0 Å². The van der Waals surface area contributed by atoms with E-state index in [0.29, 0.717) is 17.9 Å². The summed E-state index contributed by atoms with van der Waals surface area (Å²) in [4.78, 5) is 0.306. The molecule has 2 aromatic rings. The molecule has 0 bridgehead atoms. The molecule has 20 heavy (non-hydrogen) atoms. The summed E-state index contributed by atoms with van der Waals surface area (Å²) in [6.07, 6.45) is 0.693. The second-order valence-electron chi connectivity index (χ2n) is 4.89. The summed E-state index contributed by atoms with van der Waals surface area (Å²) in [6.45, 7) is 4.50. The molecule has 0 saturated heterocycles. The van der Waals surface area contributed by atoms with E-state index in [1.807, 2.05) is 13.0 Å². The van der Waals surface area contributed by atoms with E-state index in [0.717, 1.165) is 0 Å². The van der Waals surface area contributed by atoms with Crippen molar-refractivity contribution in [3.05, 3.63) is 65.2 Å². The molecular formula is C16H19NO2S. The van der Waals surface area contributed by atoms with Crippen molar-refractivity contribution in [3.8, 4) is 0 Å². The van der Waals surface area contributed by atoms with Crippen molar-refractivity contribution in [2.24, 2.45) is 0 Å². The molecule has 3 nitrogen and oxygen atoms in total. The van der Waals surface area contributed by atoms with Gasteiger partial charge in [-0.3, -0.25) is 0 Å². The van der Waals surface area contributed by atoms with Crippen LogP contribution in [0.3, 0.4) is 0 Å². The van der Waals surface area contributed by atoms with Gasteiger partial charge in [-0.05, 0) is 43.5 Å². The summed E-state index contributed by atoms with van der Waals surface area (Å²) in [5.41, 5.74) is 3.59. The molecule has 0 unspecified atom stereocenters. The highest BCUT2D eigenvalue weighted by molar-refractivity contribution is 7.89. The normalized spacial score (nSPS) is 11.5. The van der Waals surface area contributed by atoms with E-state index in [4.69, 9.17) is 0 Å². The minimum Gasteiger partial charge on any atom is -0.211 e. The van der Waals surface area contributed by atoms with E-state index in [1.54, 1.807) is 30.3 Å². The summed E-state index contributed by atoms with van der Waals surface area (Å²) >= 11 is 0. The standard InChI is InChI=1S/C16H19NO2S/c1-13-8-9-15(14(2)12-13)10-11-17-20(18,19)16-6-4-3-5-7-16/h3-9,12,17H,10-11H2,1-2H3. The van der Waals surface area contributed by atoms with Gasteiger partial charge in [-0.2, -0.15) is 0 Å². The number of aryl methyl sites for hydroxylation is 2. The Labute approximate surface area is 120 Å². The number of benzene rings is 2. The van der Waals surface area contributed by atoms with Crippen molar-refractivity contribution in [2.45, 2.75) is 25.2 Å². The van der Waals surface area contributed by atoms with Crippen LogP contribution in [0, 0.1) is 13.8 Å². The Morgan fingerprint density at radius 3 is 2.35 bits per heavy atom. The van der Waals surface area contributed by atoms with E-state index in [1.165, 1.54) is 16.7 Å². The van der Waals surface area contributed by atoms with Crippen LogP contribution in [-0.4, -0.2) is 15.0 Å². The van der Waals surface area contributed by atoms with Crippen molar-refractivity contribution in [3.63, 3.8) is 0 Å². The van der Waals surface area contributed by atoms with E-state index in [9.17, 15) is 8.42 Å². The van der Waals surface area contributed by atoms with Crippen molar-refractivity contribution in [1.82, 2.24) is 4.72 Å². The summed E-state index contributed by atoms with van der Waals surface area (Å²) in [5, 5.41) is 0. The molecule has 1 N–H and O–H groups in total. The smallest absolute Gasteiger partial charge is 0.211 e. The molecule has 0 radical (unpaired) electrons. The lowest BCUT2D eigenvalue weighted by Crippen LogP contribution is -2.26. The molecule has 0 aliphatic heterocycles. The topological polar surface area (TPSA) is 46.2 Å². The first-order valence-electron chi connectivity index (χ1n) is 6.60. The van der Waals surface area contributed by atoms with Crippen LogP contribution < -0.4 is 4.72 Å². The van der Waals surface area contributed by atoms with Gasteiger partial charge in [0.1, 0.15) is 0 Å². The fourth-order valence-corrected chi connectivity index (χ4v) is 3.18. The first-order valence-corrected chi connectivity index (χ1v) is 8.08. The Hall–Kier alpha value is -1.65. The molecule has 0 heterocycles. The van der Waals surface area contributed by atoms with Gasteiger partial charge in [0, 0.05) is 6.54 Å². The molecule has 0 aliphatic carbocycles. The molecule has 0 atom stereocenters. The molecule has 0 spiro atoms. The highest BCUT2D eigenvalue weighted by Gasteiger charge is 2.12. The number of sulfonamides is 1. The van der Waals surface area contributed by atoms with Crippen LogP contribution in [0.1, 0.15) is 16.7 Å². The maximum atomic E-state index is 12.1. The van der Waals surface area contributed by atoms with Crippen molar-refractivity contribution in [1.29, 1.82) is 0 Å². The predicted molar refractivity (Wildman–Crippen MR) is 81.3 cm³/mol. The summed E-state index contributed by atoms with van der Waals surface area (Å²) in [6, 6.07) is 14.7. The average Bonchev–Trinajstić information content (AvgIpc) is 2.42. The third-order valence-electron chi connectivity index (χ3n) is 3.24. The van der Waals surface area contributed by atoms with Gasteiger partial charge in [0.15, 0.2) is 0 Å². The maximum absolute atomic E-state index is 12.1. The molecule has 0 fully saturated rings. The fraction of sp³-hybridized carbons (Fsp3) is 0.250. The monoisotopic (exact) mass is 289 g/mol. The van der Waals surface area contributed by atoms with Crippen molar-refractivity contribution in [2.75, 3.05) is 6.54 Å². The minimum atomic E-state index is -3.40. The highest BCUT2D eigenvalue weighted by atomic mass is 32.2. The Kier molecular flexibility index (Phi) is 4.57. The first kappa shape index (κ1) is 14.8. The zero-order valence-corrected chi connectivity index (χ0v) is 12.6. The van der Waals surface area contributed by atoms with Gasteiger partial charge < -0.3 is 0 Å². The van der Waals surface area contributed by atoms with Gasteiger partial charge >= 0.3 is 0 Å². The average molecular weight is 289 g/mol. The fourth-order valence-electron chi connectivity index (χ4n) is 2.13. The molecule has 106 valence electrons. The summed E-state index contributed by atoms with van der Waals surface area (Å²) < 4.78 is 26.7. The van der Waals surface area contributed by atoms with E-state index in [2.05, 4.69) is 23.8 Å². The zero-order chi connectivity index (χ0) is 14.6. The van der Waals surface area contributed by atoms with Crippen molar-refractivity contribution < 1.29 is 8.42 Å². The Morgan fingerprint density at radius 1 is 1.00 bits per heavy atom. The summed E-state index contributed by atoms with van der Waals surface area (Å²) in [7, 11) is -3.40. The van der Waals surface area contributed by atoms with Crippen LogP contribution in [0.4, 0.5) is 0 Å². The van der Waals surface area contributed by atoms with Gasteiger partial charge in [0.05, 0.1) is 4.90 Å². The second-order valence-corrected chi connectivity index (χ2v) is 6.66. The van der Waals surface area contributed by atoms with Gasteiger partial charge in [-0.25, -0.2) is 13.1 Å². The number of nitrogens with one attached hydrogen (secondary N) is 1. The lowest BCUT2D eigenvalue weighted by molar-refractivity contribution is 0.581. The van der Waals surface area contributed by atoms with E-state index in [-0.39, 0.29) is 0 Å². The molecule has 2 rings (SSSR count). The SMILES string of the molecule is Cc1ccc(CCNS(=O)(=O)c2ccccc2)c(C)c1. The molecule has 0 saturated carbocycles. The molecule has 2 aromatic carbocycles. The Balaban J connectivity index is 1.99. The van der Waals surface area contributed by atoms with Gasteiger partial charge in [0.25, 0.3) is 0 Å². The maximum Gasteiger partial charge on any atom is 0.240 e. The van der Waals surface area contributed by atoms with Gasteiger partial charge in [-0.1, -0.05) is 42.0 Å². The lowest BCUT2D eigenvalue weighted by Gasteiger charge is -2.09. The van der Waals surface area contributed by atoms with Crippen LogP contribution in [0.25, 0.3) is 0 Å². The molecule has 0 amide bonds. The van der Waals surface area contributed by atoms with Crippen LogP contribution in [0.2, 0.25) is 0 Å². The Morgan fingerprint density at radius 2 is 1.70 bits per heavy atom. The minimum absolute atomic E-state index is 0.306. The highest BCUT2D eigenvalue weighted by Crippen LogP contribution is 2.12.